The summed E-state index contributed by atoms with van der Waals surface area (Å²) in [6.07, 6.45) is 5.85. The van der Waals surface area contributed by atoms with Crippen LogP contribution in [0.25, 0.3) is 0 Å². The van der Waals surface area contributed by atoms with Crippen molar-refractivity contribution in [2.45, 2.75) is 25.6 Å². The summed E-state index contributed by atoms with van der Waals surface area (Å²) in [5.74, 6) is 1.48. The molecular weight excluding hydrogens is 294 g/mol. The van der Waals surface area contributed by atoms with E-state index < -0.39 is 0 Å². The van der Waals surface area contributed by atoms with Gasteiger partial charge in [0.15, 0.2) is 0 Å². The summed E-state index contributed by atoms with van der Waals surface area (Å²) in [7, 11) is 1.92. The smallest absolute Gasteiger partial charge is 0.251 e. The SMILES string of the molecule is Cn1ccnc1COc1ccc(C(=O)NCC2CCCO2)cc1. The lowest BCUT2D eigenvalue weighted by atomic mass is 10.2. The zero-order valence-electron chi connectivity index (χ0n) is 13.2. The van der Waals surface area contributed by atoms with Crippen LogP contribution in [0.3, 0.4) is 0 Å². The van der Waals surface area contributed by atoms with Crippen LogP contribution in [0.2, 0.25) is 0 Å². The van der Waals surface area contributed by atoms with Crippen molar-refractivity contribution in [1.82, 2.24) is 14.9 Å². The Morgan fingerprint density at radius 3 is 2.91 bits per heavy atom. The fourth-order valence-electron chi connectivity index (χ4n) is 2.50. The van der Waals surface area contributed by atoms with Gasteiger partial charge in [-0.05, 0) is 37.1 Å². The first-order valence-electron chi connectivity index (χ1n) is 7.81. The highest BCUT2D eigenvalue weighted by atomic mass is 16.5. The molecule has 2 aromatic rings. The molecule has 1 aromatic carbocycles. The van der Waals surface area contributed by atoms with E-state index in [1.165, 1.54) is 0 Å². The minimum absolute atomic E-state index is 0.0869. The number of hydrogen-bond donors (Lipinski definition) is 1. The predicted octanol–water partition coefficient (Wildman–Crippen LogP) is 1.91. The highest BCUT2D eigenvalue weighted by Crippen LogP contribution is 2.14. The van der Waals surface area contributed by atoms with Gasteiger partial charge < -0.3 is 19.4 Å². The Morgan fingerprint density at radius 1 is 1.43 bits per heavy atom. The van der Waals surface area contributed by atoms with Gasteiger partial charge in [-0.25, -0.2) is 4.98 Å². The quantitative estimate of drug-likeness (QED) is 0.884. The third kappa shape index (κ3) is 4.10. The summed E-state index contributed by atoms with van der Waals surface area (Å²) in [4.78, 5) is 16.3. The first-order valence-corrected chi connectivity index (χ1v) is 7.81. The van der Waals surface area contributed by atoms with Crippen molar-refractivity contribution >= 4 is 5.91 Å². The molecule has 1 atom stereocenters. The number of amides is 1. The molecule has 0 saturated carbocycles. The summed E-state index contributed by atoms with van der Waals surface area (Å²) in [6.45, 7) is 1.76. The van der Waals surface area contributed by atoms with E-state index in [0.717, 1.165) is 25.3 Å². The molecule has 0 spiro atoms. The normalized spacial score (nSPS) is 17.2. The van der Waals surface area contributed by atoms with Crippen molar-refractivity contribution in [3.8, 4) is 5.75 Å². The van der Waals surface area contributed by atoms with Crippen molar-refractivity contribution in [2.75, 3.05) is 13.2 Å². The van der Waals surface area contributed by atoms with Gasteiger partial charge in [-0.1, -0.05) is 0 Å². The zero-order chi connectivity index (χ0) is 16.1. The van der Waals surface area contributed by atoms with E-state index in [4.69, 9.17) is 9.47 Å². The summed E-state index contributed by atoms with van der Waals surface area (Å²) >= 11 is 0. The average Bonchev–Trinajstić information content (AvgIpc) is 3.23. The number of ether oxygens (including phenoxy) is 2. The minimum Gasteiger partial charge on any atom is -0.486 e. The molecule has 2 heterocycles. The predicted molar refractivity (Wildman–Crippen MR) is 85.3 cm³/mol. The monoisotopic (exact) mass is 315 g/mol. The number of imidazole rings is 1. The Balaban J connectivity index is 1.49. The third-order valence-corrected chi connectivity index (χ3v) is 3.92. The molecule has 1 aliphatic heterocycles. The van der Waals surface area contributed by atoms with Crippen LogP contribution in [-0.4, -0.2) is 34.7 Å². The second kappa shape index (κ2) is 7.28. The molecular formula is C17H21N3O3. The number of rotatable bonds is 6. The molecule has 3 rings (SSSR count). The van der Waals surface area contributed by atoms with Crippen LogP contribution in [0.1, 0.15) is 29.0 Å². The van der Waals surface area contributed by atoms with Gasteiger partial charge in [0.2, 0.25) is 0 Å². The van der Waals surface area contributed by atoms with Crippen molar-refractivity contribution in [3.05, 3.63) is 48.0 Å². The number of aryl methyl sites for hydroxylation is 1. The Morgan fingerprint density at radius 2 is 2.26 bits per heavy atom. The van der Waals surface area contributed by atoms with Gasteiger partial charge in [-0.15, -0.1) is 0 Å². The molecule has 1 unspecified atom stereocenters. The highest BCUT2D eigenvalue weighted by molar-refractivity contribution is 5.94. The Hall–Kier alpha value is -2.34. The van der Waals surface area contributed by atoms with Crippen LogP contribution in [0.4, 0.5) is 0 Å². The maximum absolute atomic E-state index is 12.1. The minimum atomic E-state index is -0.0869. The zero-order valence-corrected chi connectivity index (χ0v) is 13.2. The van der Waals surface area contributed by atoms with Crippen LogP contribution in [-0.2, 0) is 18.4 Å². The standard InChI is InChI=1S/C17H21N3O3/c1-20-9-8-18-16(20)12-23-14-6-4-13(5-7-14)17(21)19-11-15-3-2-10-22-15/h4-9,15H,2-3,10-12H2,1H3,(H,19,21). The number of nitrogens with one attached hydrogen (secondary N) is 1. The fraction of sp³-hybridized carbons (Fsp3) is 0.412. The molecule has 6 nitrogen and oxygen atoms in total. The molecule has 0 bridgehead atoms. The summed E-state index contributed by atoms with van der Waals surface area (Å²) in [6, 6.07) is 7.12. The lowest BCUT2D eigenvalue weighted by molar-refractivity contribution is 0.0857. The van der Waals surface area contributed by atoms with Gasteiger partial charge in [0.1, 0.15) is 18.2 Å². The number of carbonyl (C=O) groups is 1. The van der Waals surface area contributed by atoms with E-state index in [1.807, 2.05) is 17.8 Å². The molecule has 1 aromatic heterocycles. The van der Waals surface area contributed by atoms with Crippen molar-refractivity contribution in [3.63, 3.8) is 0 Å². The van der Waals surface area contributed by atoms with E-state index in [2.05, 4.69) is 10.3 Å². The maximum atomic E-state index is 12.1. The summed E-state index contributed by atoms with van der Waals surface area (Å²) < 4.78 is 13.1. The molecule has 6 heteroatoms. The van der Waals surface area contributed by atoms with E-state index in [1.54, 1.807) is 30.5 Å². The first kappa shape index (κ1) is 15.6. The number of benzene rings is 1. The largest absolute Gasteiger partial charge is 0.486 e. The van der Waals surface area contributed by atoms with Crippen LogP contribution in [0.15, 0.2) is 36.7 Å². The summed E-state index contributed by atoms with van der Waals surface area (Å²) in [5, 5.41) is 2.90. The molecule has 1 amide bonds. The van der Waals surface area contributed by atoms with E-state index >= 15 is 0 Å². The molecule has 1 saturated heterocycles. The Labute approximate surface area is 135 Å². The van der Waals surface area contributed by atoms with Crippen LogP contribution >= 0.6 is 0 Å². The molecule has 1 aliphatic rings. The lowest BCUT2D eigenvalue weighted by Crippen LogP contribution is -2.31. The lowest BCUT2D eigenvalue weighted by Gasteiger charge is -2.11. The molecule has 0 aliphatic carbocycles. The number of aromatic nitrogens is 2. The van der Waals surface area contributed by atoms with Crippen molar-refractivity contribution in [2.24, 2.45) is 7.05 Å². The topological polar surface area (TPSA) is 65.4 Å². The molecule has 1 N–H and O–H groups in total. The molecule has 0 radical (unpaired) electrons. The van der Waals surface area contributed by atoms with Gasteiger partial charge >= 0.3 is 0 Å². The van der Waals surface area contributed by atoms with E-state index in [9.17, 15) is 4.79 Å². The molecule has 122 valence electrons. The van der Waals surface area contributed by atoms with Gasteiger partial charge in [-0.2, -0.15) is 0 Å². The van der Waals surface area contributed by atoms with Gasteiger partial charge in [0.25, 0.3) is 5.91 Å². The first-order chi connectivity index (χ1) is 11.2. The fourth-order valence-corrected chi connectivity index (χ4v) is 2.50. The van der Waals surface area contributed by atoms with E-state index in [-0.39, 0.29) is 12.0 Å². The molecule has 23 heavy (non-hydrogen) atoms. The van der Waals surface area contributed by atoms with Crippen molar-refractivity contribution < 1.29 is 14.3 Å². The average molecular weight is 315 g/mol. The van der Waals surface area contributed by atoms with Crippen LogP contribution in [0.5, 0.6) is 5.75 Å². The molecule has 1 fully saturated rings. The number of nitrogens with zero attached hydrogens (tertiary/aromatic N) is 2. The second-order valence-corrected chi connectivity index (χ2v) is 5.61. The second-order valence-electron chi connectivity index (χ2n) is 5.61. The maximum Gasteiger partial charge on any atom is 0.251 e. The summed E-state index contributed by atoms with van der Waals surface area (Å²) in [5.41, 5.74) is 0.618. The van der Waals surface area contributed by atoms with Gasteiger partial charge in [0, 0.05) is 38.2 Å². The van der Waals surface area contributed by atoms with Gasteiger partial charge in [-0.3, -0.25) is 4.79 Å². The van der Waals surface area contributed by atoms with E-state index in [0.29, 0.717) is 24.5 Å². The van der Waals surface area contributed by atoms with Crippen LogP contribution in [0, 0.1) is 0 Å². The van der Waals surface area contributed by atoms with Gasteiger partial charge in [0.05, 0.1) is 6.10 Å². The number of carbonyl (C=O) groups excluding carboxylic acids is 1. The Kier molecular flexibility index (Phi) is 4.92. The number of hydrogen-bond acceptors (Lipinski definition) is 4. The van der Waals surface area contributed by atoms with Crippen LogP contribution < -0.4 is 10.1 Å². The Bertz CT molecular complexity index is 645. The third-order valence-electron chi connectivity index (χ3n) is 3.92. The van der Waals surface area contributed by atoms with Crippen molar-refractivity contribution in [1.29, 1.82) is 0 Å². The highest BCUT2D eigenvalue weighted by Gasteiger charge is 2.16.